The van der Waals surface area contributed by atoms with E-state index in [1.165, 1.54) is 28.2 Å². The van der Waals surface area contributed by atoms with Gasteiger partial charge in [0.05, 0.1) is 10.9 Å². The zero-order valence-electron chi connectivity index (χ0n) is 11.2. The Morgan fingerprint density at radius 1 is 1.53 bits per heavy atom. The van der Waals surface area contributed by atoms with Gasteiger partial charge in [0.25, 0.3) is 5.91 Å². The van der Waals surface area contributed by atoms with Crippen molar-refractivity contribution in [2.45, 2.75) is 38.6 Å². The minimum Gasteiger partial charge on any atom is -0.409 e. The maximum absolute atomic E-state index is 12.4. The number of fused-ring (bicyclic) bond motifs is 1. The van der Waals surface area contributed by atoms with Gasteiger partial charge in [-0.1, -0.05) is 5.16 Å². The highest BCUT2D eigenvalue weighted by atomic mass is 32.1. The number of amidine groups is 1. The first kappa shape index (κ1) is 13.9. The fourth-order valence-electron chi connectivity index (χ4n) is 2.23. The average Bonchev–Trinajstić information content (AvgIpc) is 2.87. The van der Waals surface area contributed by atoms with Crippen LogP contribution in [0.1, 0.15) is 39.9 Å². The fourth-order valence-corrected chi connectivity index (χ4v) is 3.46. The van der Waals surface area contributed by atoms with Gasteiger partial charge >= 0.3 is 0 Å². The maximum Gasteiger partial charge on any atom is 0.264 e. The Morgan fingerprint density at radius 3 is 2.84 bits per heavy atom. The molecule has 1 aliphatic carbocycles. The van der Waals surface area contributed by atoms with Gasteiger partial charge in [0.15, 0.2) is 5.84 Å². The van der Waals surface area contributed by atoms with Crippen molar-refractivity contribution in [2.75, 3.05) is 7.05 Å². The van der Waals surface area contributed by atoms with Gasteiger partial charge in [-0.05, 0) is 44.2 Å². The summed E-state index contributed by atoms with van der Waals surface area (Å²) in [5, 5.41) is 11.6. The second kappa shape index (κ2) is 5.61. The predicted molar refractivity (Wildman–Crippen MR) is 75.9 cm³/mol. The number of carbonyl (C=O) groups is 1. The van der Waals surface area contributed by atoms with Crippen molar-refractivity contribution in [3.8, 4) is 0 Å². The molecule has 1 aromatic rings. The molecule has 0 spiro atoms. The molecule has 1 amide bonds. The smallest absolute Gasteiger partial charge is 0.264 e. The third-order valence-electron chi connectivity index (χ3n) is 3.65. The van der Waals surface area contributed by atoms with E-state index >= 15 is 0 Å². The van der Waals surface area contributed by atoms with Crippen LogP contribution in [0.5, 0.6) is 0 Å². The minimum atomic E-state index is -0.420. The van der Waals surface area contributed by atoms with E-state index in [0.29, 0.717) is 0 Å². The highest BCUT2D eigenvalue weighted by Crippen LogP contribution is 2.30. The number of aryl methyl sites for hydroxylation is 2. The molecule has 19 heavy (non-hydrogen) atoms. The van der Waals surface area contributed by atoms with E-state index in [2.05, 4.69) is 5.16 Å². The topological polar surface area (TPSA) is 78.9 Å². The summed E-state index contributed by atoms with van der Waals surface area (Å²) in [6.07, 6.45) is 4.55. The summed E-state index contributed by atoms with van der Waals surface area (Å²) in [4.78, 5) is 16.0. The Morgan fingerprint density at radius 2 is 2.21 bits per heavy atom. The molecule has 104 valence electrons. The summed E-state index contributed by atoms with van der Waals surface area (Å²) in [6, 6.07) is 1.58. The lowest BCUT2D eigenvalue weighted by atomic mass is 9.99. The van der Waals surface area contributed by atoms with Crippen LogP contribution in [0.3, 0.4) is 0 Å². The Balaban J connectivity index is 2.17. The van der Waals surface area contributed by atoms with Crippen LogP contribution in [0.25, 0.3) is 0 Å². The molecule has 0 saturated heterocycles. The van der Waals surface area contributed by atoms with Gasteiger partial charge in [0.1, 0.15) is 0 Å². The monoisotopic (exact) mass is 281 g/mol. The first-order valence-electron chi connectivity index (χ1n) is 6.40. The van der Waals surface area contributed by atoms with Gasteiger partial charge in [-0.25, -0.2) is 0 Å². The number of likely N-dealkylation sites (N-methyl/N-ethyl adjacent to an activating group) is 1. The summed E-state index contributed by atoms with van der Waals surface area (Å²) in [5.41, 5.74) is 6.85. The van der Waals surface area contributed by atoms with E-state index in [0.717, 1.165) is 17.7 Å². The normalized spacial score (nSPS) is 16.8. The quantitative estimate of drug-likeness (QED) is 0.384. The molecule has 1 atom stereocenters. The summed E-state index contributed by atoms with van der Waals surface area (Å²) in [5.74, 6) is -0.0318. The SMILES string of the molecule is CC(C(N)=NO)N(C)C(=O)c1cc2c(s1)CCCC2. The van der Waals surface area contributed by atoms with Crippen LogP contribution in [0.15, 0.2) is 11.2 Å². The summed E-state index contributed by atoms with van der Waals surface area (Å²) < 4.78 is 0. The van der Waals surface area contributed by atoms with Crippen molar-refractivity contribution in [1.29, 1.82) is 0 Å². The van der Waals surface area contributed by atoms with E-state index in [4.69, 9.17) is 10.9 Å². The summed E-state index contributed by atoms with van der Waals surface area (Å²) >= 11 is 1.57. The molecule has 0 bridgehead atoms. The number of rotatable bonds is 3. The Kier molecular flexibility index (Phi) is 4.09. The molecule has 1 aromatic heterocycles. The van der Waals surface area contributed by atoms with Crippen LogP contribution in [-0.2, 0) is 12.8 Å². The summed E-state index contributed by atoms with van der Waals surface area (Å²) in [6.45, 7) is 1.74. The molecule has 5 nitrogen and oxygen atoms in total. The lowest BCUT2D eigenvalue weighted by Gasteiger charge is -2.23. The van der Waals surface area contributed by atoms with Crippen LogP contribution in [-0.4, -0.2) is 34.9 Å². The molecule has 0 aliphatic heterocycles. The van der Waals surface area contributed by atoms with Crippen molar-refractivity contribution in [3.63, 3.8) is 0 Å². The molecule has 0 saturated carbocycles. The Labute approximate surface area is 116 Å². The van der Waals surface area contributed by atoms with Crippen LogP contribution in [0.4, 0.5) is 0 Å². The highest BCUT2D eigenvalue weighted by Gasteiger charge is 2.24. The number of oxime groups is 1. The molecule has 0 radical (unpaired) electrons. The molecular formula is C13H19N3O2S. The van der Waals surface area contributed by atoms with E-state index < -0.39 is 6.04 Å². The number of hydrogen-bond acceptors (Lipinski definition) is 4. The number of nitrogens with zero attached hydrogens (tertiary/aromatic N) is 2. The number of amides is 1. The number of nitrogens with two attached hydrogens (primary N) is 1. The molecule has 6 heteroatoms. The molecule has 1 unspecified atom stereocenters. The van der Waals surface area contributed by atoms with Crippen molar-refractivity contribution < 1.29 is 10.0 Å². The van der Waals surface area contributed by atoms with Crippen molar-refractivity contribution >= 4 is 23.1 Å². The molecular weight excluding hydrogens is 262 g/mol. The zero-order valence-corrected chi connectivity index (χ0v) is 12.0. The van der Waals surface area contributed by atoms with Crippen LogP contribution in [0.2, 0.25) is 0 Å². The largest absolute Gasteiger partial charge is 0.409 e. The highest BCUT2D eigenvalue weighted by molar-refractivity contribution is 7.14. The predicted octanol–water partition coefficient (Wildman–Crippen LogP) is 1.83. The first-order valence-corrected chi connectivity index (χ1v) is 7.22. The third kappa shape index (κ3) is 2.73. The van der Waals surface area contributed by atoms with Crippen LogP contribution < -0.4 is 5.73 Å². The zero-order chi connectivity index (χ0) is 14.0. The molecule has 1 heterocycles. The molecule has 2 rings (SSSR count). The standard InChI is InChI=1S/C13H19N3O2S/c1-8(12(14)15-18)16(2)13(17)11-7-9-5-3-4-6-10(9)19-11/h7-8,18H,3-6H2,1-2H3,(H2,14,15). The van der Waals surface area contributed by atoms with Gasteiger partial charge in [-0.15, -0.1) is 11.3 Å². The van der Waals surface area contributed by atoms with Crippen molar-refractivity contribution in [3.05, 3.63) is 21.4 Å². The first-order chi connectivity index (χ1) is 9.04. The minimum absolute atomic E-state index is 0.0390. The Bertz CT molecular complexity index is 486. The van der Waals surface area contributed by atoms with Crippen molar-refractivity contribution in [1.82, 2.24) is 4.90 Å². The fraction of sp³-hybridized carbons (Fsp3) is 0.538. The van der Waals surface area contributed by atoms with Gasteiger partial charge in [-0.3, -0.25) is 4.79 Å². The number of thiophene rings is 1. The average molecular weight is 281 g/mol. The lowest BCUT2D eigenvalue weighted by Crippen LogP contribution is -2.43. The van der Waals surface area contributed by atoms with Gasteiger partial charge in [-0.2, -0.15) is 0 Å². The van der Waals surface area contributed by atoms with Crippen LogP contribution in [0, 0.1) is 0 Å². The molecule has 1 aliphatic rings. The second-order valence-electron chi connectivity index (χ2n) is 4.88. The van der Waals surface area contributed by atoms with Crippen molar-refractivity contribution in [2.24, 2.45) is 10.9 Å². The summed E-state index contributed by atoms with van der Waals surface area (Å²) in [7, 11) is 1.67. The second-order valence-corrected chi connectivity index (χ2v) is 6.02. The third-order valence-corrected chi connectivity index (χ3v) is 4.88. The lowest BCUT2D eigenvalue weighted by molar-refractivity contribution is 0.0781. The van der Waals surface area contributed by atoms with Gasteiger partial charge in [0, 0.05) is 11.9 Å². The van der Waals surface area contributed by atoms with E-state index in [9.17, 15) is 4.79 Å². The van der Waals surface area contributed by atoms with Gasteiger partial charge in [0.2, 0.25) is 0 Å². The van der Waals surface area contributed by atoms with E-state index in [-0.39, 0.29) is 11.7 Å². The van der Waals surface area contributed by atoms with E-state index in [1.54, 1.807) is 25.3 Å². The van der Waals surface area contributed by atoms with E-state index in [1.807, 2.05) is 6.07 Å². The molecule has 3 N–H and O–H groups in total. The van der Waals surface area contributed by atoms with Crippen LogP contribution >= 0.6 is 11.3 Å². The van der Waals surface area contributed by atoms with Gasteiger partial charge < -0.3 is 15.8 Å². The Hall–Kier alpha value is -1.56. The molecule has 0 fully saturated rings. The number of carbonyl (C=O) groups excluding carboxylic acids is 1. The number of hydrogen-bond donors (Lipinski definition) is 2. The maximum atomic E-state index is 12.4. The molecule has 0 aromatic carbocycles.